The summed E-state index contributed by atoms with van der Waals surface area (Å²) in [6.07, 6.45) is 0.961. The van der Waals surface area contributed by atoms with Crippen LogP contribution in [0.2, 0.25) is 0 Å². The van der Waals surface area contributed by atoms with Gasteiger partial charge in [0.2, 0.25) is 0 Å². The van der Waals surface area contributed by atoms with Gasteiger partial charge in [-0.05, 0) is 33.7 Å². The van der Waals surface area contributed by atoms with Crippen molar-refractivity contribution in [2.45, 2.75) is 39.7 Å². The Morgan fingerprint density at radius 3 is 2.33 bits per heavy atom. The monoisotopic (exact) mass is 217 g/mol. The van der Waals surface area contributed by atoms with E-state index in [0.717, 1.165) is 13.0 Å². The van der Waals surface area contributed by atoms with E-state index < -0.39 is 5.60 Å². The molecule has 0 atom stereocenters. The van der Waals surface area contributed by atoms with E-state index in [0.29, 0.717) is 6.54 Å². The third-order valence-corrected chi connectivity index (χ3v) is 1.73. The van der Waals surface area contributed by atoms with Gasteiger partial charge in [0.25, 0.3) is 0 Å². The first-order valence-electron chi connectivity index (χ1n) is 5.44. The summed E-state index contributed by atoms with van der Waals surface area (Å²) in [5.74, 6) is -0.232. The zero-order valence-corrected chi connectivity index (χ0v) is 10.2. The van der Waals surface area contributed by atoms with Crippen LogP contribution in [0.1, 0.15) is 34.1 Å². The third-order valence-electron chi connectivity index (χ3n) is 1.73. The molecule has 0 saturated carbocycles. The zero-order valence-electron chi connectivity index (χ0n) is 10.2. The van der Waals surface area contributed by atoms with E-state index in [1.54, 1.807) is 0 Å². The average Bonchev–Trinajstić information content (AvgIpc) is 2.00. The highest BCUT2D eigenvalue weighted by Gasteiger charge is 2.18. The first kappa shape index (κ1) is 14.4. The van der Waals surface area contributed by atoms with Gasteiger partial charge in [0.15, 0.2) is 0 Å². The van der Waals surface area contributed by atoms with Crippen molar-refractivity contribution in [3.05, 3.63) is 0 Å². The first-order valence-corrected chi connectivity index (χ1v) is 5.44. The Morgan fingerprint density at radius 2 is 1.93 bits per heavy atom. The van der Waals surface area contributed by atoms with E-state index in [4.69, 9.17) is 9.84 Å². The van der Waals surface area contributed by atoms with E-state index in [-0.39, 0.29) is 19.1 Å². The Labute approximate surface area is 92.2 Å². The van der Waals surface area contributed by atoms with E-state index in [1.165, 1.54) is 0 Å². The molecule has 0 heterocycles. The summed E-state index contributed by atoms with van der Waals surface area (Å²) in [6.45, 7) is 9.24. The van der Waals surface area contributed by atoms with Gasteiger partial charge in [-0.1, -0.05) is 6.92 Å². The van der Waals surface area contributed by atoms with Crippen molar-refractivity contribution in [1.82, 2.24) is 4.90 Å². The fourth-order valence-electron chi connectivity index (χ4n) is 1.28. The maximum atomic E-state index is 11.5. The summed E-state index contributed by atoms with van der Waals surface area (Å²) >= 11 is 0. The van der Waals surface area contributed by atoms with E-state index in [2.05, 4.69) is 0 Å². The number of esters is 1. The smallest absolute Gasteiger partial charge is 0.320 e. The van der Waals surface area contributed by atoms with Gasteiger partial charge < -0.3 is 9.84 Å². The average molecular weight is 217 g/mol. The molecule has 15 heavy (non-hydrogen) atoms. The number of ether oxygens (including phenoxy) is 1. The lowest BCUT2D eigenvalue weighted by molar-refractivity contribution is -0.156. The van der Waals surface area contributed by atoms with Gasteiger partial charge in [0.05, 0.1) is 13.2 Å². The number of rotatable bonds is 6. The van der Waals surface area contributed by atoms with E-state index in [9.17, 15) is 4.79 Å². The van der Waals surface area contributed by atoms with Gasteiger partial charge in [0, 0.05) is 6.54 Å². The molecule has 0 aromatic heterocycles. The molecule has 0 unspecified atom stereocenters. The maximum Gasteiger partial charge on any atom is 0.320 e. The van der Waals surface area contributed by atoms with Gasteiger partial charge in [-0.15, -0.1) is 0 Å². The highest BCUT2D eigenvalue weighted by Crippen LogP contribution is 2.07. The van der Waals surface area contributed by atoms with Crippen LogP contribution in [0.4, 0.5) is 0 Å². The summed E-state index contributed by atoms with van der Waals surface area (Å²) in [6, 6.07) is 0. The molecule has 4 nitrogen and oxygen atoms in total. The third kappa shape index (κ3) is 8.39. The van der Waals surface area contributed by atoms with Crippen molar-refractivity contribution in [1.29, 1.82) is 0 Å². The van der Waals surface area contributed by atoms with Gasteiger partial charge in [-0.2, -0.15) is 0 Å². The SMILES string of the molecule is CCCN(CCO)CC(=O)OC(C)(C)C. The standard InChI is InChI=1S/C11H23NO3/c1-5-6-12(7-8-13)9-10(14)15-11(2,3)4/h13H,5-9H2,1-4H3. The summed E-state index contributed by atoms with van der Waals surface area (Å²) in [4.78, 5) is 13.4. The minimum atomic E-state index is -0.436. The molecule has 0 spiro atoms. The van der Waals surface area contributed by atoms with Crippen LogP contribution < -0.4 is 0 Å². The molecule has 90 valence electrons. The van der Waals surface area contributed by atoms with Crippen molar-refractivity contribution in [2.75, 3.05) is 26.2 Å². The van der Waals surface area contributed by atoms with Gasteiger partial charge in [0.1, 0.15) is 5.60 Å². The molecule has 0 aliphatic rings. The zero-order chi connectivity index (χ0) is 11.9. The normalized spacial score (nSPS) is 11.9. The molecule has 0 rings (SSSR count). The second kappa shape index (κ2) is 6.80. The van der Waals surface area contributed by atoms with Gasteiger partial charge in [-0.25, -0.2) is 0 Å². The molecule has 0 aromatic carbocycles. The predicted molar refractivity (Wildman–Crippen MR) is 59.7 cm³/mol. The molecule has 0 fully saturated rings. The molecule has 1 N–H and O–H groups in total. The van der Waals surface area contributed by atoms with Gasteiger partial charge >= 0.3 is 5.97 Å². The second-order valence-electron chi connectivity index (χ2n) is 4.59. The highest BCUT2D eigenvalue weighted by molar-refractivity contribution is 5.72. The Hall–Kier alpha value is -0.610. The molecule has 0 amide bonds. The summed E-state index contributed by atoms with van der Waals surface area (Å²) in [5, 5.41) is 8.81. The molecule has 4 heteroatoms. The van der Waals surface area contributed by atoms with E-state index >= 15 is 0 Å². The summed E-state index contributed by atoms with van der Waals surface area (Å²) in [5.41, 5.74) is -0.436. The summed E-state index contributed by atoms with van der Waals surface area (Å²) in [7, 11) is 0. The van der Waals surface area contributed by atoms with Crippen LogP contribution in [0.25, 0.3) is 0 Å². The number of aliphatic hydroxyl groups is 1. The molecule has 0 saturated heterocycles. The van der Waals surface area contributed by atoms with Crippen LogP contribution >= 0.6 is 0 Å². The number of carbonyl (C=O) groups excluding carboxylic acids is 1. The fraction of sp³-hybridized carbons (Fsp3) is 0.909. The first-order chi connectivity index (χ1) is 6.89. The number of carbonyl (C=O) groups is 1. The molecule has 0 aliphatic carbocycles. The van der Waals surface area contributed by atoms with E-state index in [1.807, 2.05) is 32.6 Å². The molecular weight excluding hydrogens is 194 g/mol. The van der Waals surface area contributed by atoms with Crippen LogP contribution in [0.5, 0.6) is 0 Å². The highest BCUT2D eigenvalue weighted by atomic mass is 16.6. The van der Waals surface area contributed by atoms with Crippen molar-refractivity contribution in [2.24, 2.45) is 0 Å². The summed E-state index contributed by atoms with van der Waals surface area (Å²) < 4.78 is 5.20. The van der Waals surface area contributed by atoms with Crippen molar-refractivity contribution in [3.63, 3.8) is 0 Å². The van der Waals surface area contributed by atoms with Crippen LogP contribution in [0.3, 0.4) is 0 Å². The Morgan fingerprint density at radius 1 is 1.33 bits per heavy atom. The largest absolute Gasteiger partial charge is 0.459 e. The maximum absolute atomic E-state index is 11.5. The van der Waals surface area contributed by atoms with Crippen molar-refractivity contribution < 1.29 is 14.6 Å². The van der Waals surface area contributed by atoms with Gasteiger partial charge in [-0.3, -0.25) is 9.69 Å². The number of hydrogen-bond donors (Lipinski definition) is 1. The molecule has 0 aromatic rings. The Kier molecular flexibility index (Phi) is 6.52. The second-order valence-corrected chi connectivity index (χ2v) is 4.59. The Balaban J connectivity index is 3.99. The fourth-order valence-corrected chi connectivity index (χ4v) is 1.28. The molecule has 0 bridgehead atoms. The minimum Gasteiger partial charge on any atom is -0.459 e. The lowest BCUT2D eigenvalue weighted by Gasteiger charge is -2.24. The number of nitrogens with zero attached hydrogens (tertiary/aromatic N) is 1. The van der Waals surface area contributed by atoms with Crippen LogP contribution in [0.15, 0.2) is 0 Å². The number of aliphatic hydroxyl groups excluding tert-OH is 1. The lowest BCUT2D eigenvalue weighted by atomic mass is 10.2. The molecule has 0 radical (unpaired) electrons. The van der Waals surface area contributed by atoms with Crippen molar-refractivity contribution >= 4 is 5.97 Å². The number of hydrogen-bond acceptors (Lipinski definition) is 4. The quantitative estimate of drug-likeness (QED) is 0.675. The predicted octanol–water partition coefficient (Wildman–Crippen LogP) is 1.03. The van der Waals surface area contributed by atoms with Crippen LogP contribution in [-0.4, -0.2) is 47.8 Å². The topological polar surface area (TPSA) is 49.8 Å². The lowest BCUT2D eigenvalue weighted by Crippen LogP contribution is -2.36. The Bertz CT molecular complexity index is 181. The molecular formula is C11H23NO3. The van der Waals surface area contributed by atoms with Crippen LogP contribution in [-0.2, 0) is 9.53 Å². The van der Waals surface area contributed by atoms with Crippen LogP contribution in [0, 0.1) is 0 Å². The molecule has 0 aliphatic heterocycles. The van der Waals surface area contributed by atoms with Crippen molar-refractivity contribution in [3.8, 4) is 0 Å². The minimum absolute atomic E-state index is 0.0722.